The molecule has 0 aliphatic carbocycles. The van der Waals surface area contributed by atoms with Crippen molar-refractivity contribution in [3.63, 3.8) is 0 Å². The van der Waals surface area contributed by atoms with Crippen LogP contribution in [0.15, 0.2) is 22.8 Å². The highest BCUT2D eigenvalue weighted by Crippen LogP contribution is 2.32. The zero-order chi connectivity index (χ0) is 23.1. The van der Waals surface area contributed by atoms with Crippen LogP contribution in [0.25, 0.3) is 0 Å². The Labute approximate surface area is 184 Å². The molecule has 180 valence electrons. The van der Waals surface area contributed by atoms with Gasteiger partial charge in [-0.15, -0.1) is 0 Å². The molecule has 3 atom stereocenters. The number of carbonyl (C=O) groups is 2. The fourth-order valence-electron chi connectivity index (χ4n) is 4.33. The van der Waals surface area contributed by atoms with Crippen LogP contribution < -0.4 is 0 Å². The van der Waals surface area contributed by atoms with Gasteiger partial charge in [-0.1, -0.05) is 0 Å². The fraction of sp³-hybridized carbons (Fsp3) is 0.714. The molecule has 3 aliphatic rings. The van der Waals surface area contributed by atoms with Gasteiger partial charge in [0.25, 0.3) is 5.91 Å². The second-order valence-electron chi connectivity index (χ2n) is 8.13. The third kappa shape index (κ3) is 6.69. The maximum atomic E-state index is 12.5. The zero-order valence-corrected chi connectivity index (χ0v) is 17.8. The average Bonchev–Trinajstić information content (AvgIpc) is 3.52. The predicted molar refractivity (Wildman–Crippen MR) is 106 cm³/mol. The summed E-state index contributed by atoms with van der Waals surface area (Å²) in [6.07, 6.45) is 2.25. The van der Waals surface area contributed by atoms with Crippen LogP contribution >= 0.6 is 0 Å². The maximum Gasteiger partial charge on any atom is 0.490 e. The molecule has 1 amide bonds. The van der Waals surface area contributed by atoms with Crippen molar-refractivity contribution in [1.82, 2.24) is 9.80 Å². The lowest BCUT2D eigenvalue weighted by Gasteiger charge is -2.35. The van der Waals surface area contributed by atoms with E-state index in [-0.39, 0.29) is 24.2 Å². The number of carboxylic acid groups (broad SMARTS) is 1. The van der Waals surface area contributed by atoms with E-state index in [1.165, 1.54) is 25.9 Å². The number of amides is 1. The molecule has 1 aromatic heterocycles. The van der Waals surface area contributed by atoms with Crippen LogP contribution in [0.3, 0.4) is 0 Å². The predicted octanol–water partition coefficient (Wildman–Crippen LogP) is 2.79. The Bertz CT molecular complexity index is 736. The number of hydrogen-bond acceptors (Lipinski definition) is 6. The van der Waals surface area contributed by atoms with Crippen LogP contribution in [0.2, 0.25) is 0 Å². The molecule has 0 unspecified atom stereocenters. The minimum atomic E-state index is -5.08. The number of likely N-dealkylation sites (tertiary alicyclic amines) is 2. The summed E-state index contributed by atoms with van der Waals surface area (Å²) >= 11 is 0. The quantitative estimate of drug-likeness (QED) is 0.650. The van der Waals surface area contributed by atoms with Gasteiger partial charge in [-0.2, -0.15) is 13.2 Å². The largest absolute Gasteiger partial charge is 0.490 e. The molecule has 0 bridgehead atoms. The van der Waals surface area contributed by atoms with E-state index in [0.29, 0.717) is 12.4 Å². The molecular formula is C21H29F3N2O6. The second kappa shape index (κ2) is 11.2. The summed E-state index contributed by atoms with van der Waals surface area (Å²) in [5.41, 5.74) is 0. The van der Waals surface area contributed by atoms with Crippen molar-refractivity contribution in [2.45, 2.75) is 56.5 Å². The van der Waals surface area contributed by atoms with Crippen molar-refractivity contribution in [3.8, 4) is 0 Å². The van der Waals surface area contributed by atoms with E-state index in [1.54, 1.807) is 18.4 Å². The molecule has 32 heavy (non-hydrogen) atoms. The van der Waals surface area contributed by atoms with Gasteiger partial charge in [0.05, 0.1) is 37.7 Å². The zero-order valence-electron chi connectivity index (χ0n) is 17.8. The molecule has 1 N–H and O–H groups in total. The molecule has 11 heteroatoms. The number of carboxylic acids is 1. The molecular weight excluding hydrogens is 433 g/mol. The average molecular weight is 462 g/mol. The lowest BCUT2D eigenvalue weighted by molar-refractivity contribution is -0.192. The van der Waals surface area contributed by atoms with Gasteiger partial charge < -0.3 is 28.8 Å². The number of aliphatic carboxylic acids is 1. The number of rotatable bonds is 6. The summed E-state index contributed by atoms with van der Waals surface area (Å²) in [6, 6.07) is 3.67. The highest BCUT2D eigenvalue weighted by Gasteiger charge is 2.42. The molecule has 0 saturated carbocycles. The highest BCUT2D eigenvalue weighted by atomic mass is 19.4. The topological polar surface area (TPSA) is 92.4 Å². The minimum Gasteiger partial charge on any atom is -0.475 e. The van der Waals surface area contributed by atoms with E-state index in [1.807, 2.05) is 4.90 Å². The van der Waals surface area contributed by atoms with Crippen molar-refractivity contribution >= 4 is 11.9 Å². The van der Waals surface area contributed by atoms with E-state index in [9.17, 15) is 18.0 Å². The van der Waals surface area contributed by atoms with E-state index >= 15 is 0 Å². The summed E-state index contributed by atoms with van der Waals surface area (Å²) in [5, 5.41) is 7.12. The summed E-state index contributed by atoms with van der Waals surface area (Å²) in [4.78, 5) is 25.8. The normalized spacial score (nSPS) is 25.8. The number of nitrogens with zero attached hydrogens (tertiary/aromatic N) is 2. The Hall–Kier alpha value is -2.11. The Morgan fingerprint density at radius 3 is 2.50 bits per heavy atom. The first kappa shape index (κ1) is 24.5. The number of furan rings is 1. The van der Waals surface area contributed by atoms with Gasteiger partial charge in [0.2, 0.25) is 0 Å². The number of ether oxygens (including phenoxy) is 2. The number of halogens is 3. The van der Waals surface area contributed by atoms with Crippen molar-refractivity contribution < 1.29 is 41.8 Å². The maximum absolute atomic E-state index is 12.5. The van der Waals surface area contributed by atoms with Crippen molar-refractivity contribution in [2.75, 3.05) is 39.4 Å². The minimum absolute atomic E-state index is 0.0126. The standard InChI is InChI=1S/C19H28N2O4.C2HF3O2/c22-19(18-4-3-12-24-18)21-10-7-17-16(21)6-5-15(25-17)14-23-13-11-20-8-1-2-9-20;3-2(4,5)1(6)7/h3-4,12,15-17H,1-2,5-11,13-14H2;(H,6,7)/t15-,16-,17-;/m0./s1. The van der Waals surface area contributed by atoms with Gasteiger partial charge in [-0.3, -0.25) is 4.79 Å². The first-order chi connectivity index (χ1) is 15.3. The van der Waals surface area contributed by atoms with Crippen LogP contribution in [0.1, 0.15) is 42.7 Å². The summed E-state index contributed by atoms with van der Waals surface area (Å²) in [6.45, 7) is 5.67. The molecule has 4 rings (SSSR count). The molecule has 8 nitrogen and oxygen atoms in total. The number of carbonyl (C=O) groups excluding carboxylic acids is 1. The van der Waals surface area contributed by atoms with Crippen molar-refractivity contribution in [2.24, 2.45) is 0 Å². The smallest absolute Gasteiger partial charge is 0.475 e. The molecule has 0 aromatic carbocycles. The van der Waals surface area contributed by atoms with Crippen LogP contribution in [0.4, 0.5) is 13.2 Å². The lowest BCUT2D eigenvalue weighted by atomic mass is 9.99. The van der Waals surface area contributed by atoms with Gasteiger partial charge in [0.15, 0.2) is 5.76 Å². The van der Waals surface area contributed by atoms with E-state index in [2.05, 4.69) is 4.90 Å². The van der Waals surface area contributed by atoms with E-state index in [0.717, 1.165) is 39.0 Å². The molecule has 0 radical (unpaired) electrons. The van der Waals surface area contributed by atoms with Gasteiger partial charge in [-0.05, 0) is 57.3 Å². The van der Waals surface area contributed by atoms with Crippen molar-refractivity contribution in [3.05, 3.63) is 24.2 Å². The molecule has 4 heterocycles. The van der Waals surface area contributed by atoms with Gasteiger partial charge in [0.1, 0.15) is 0 Å². The first-order valence-electron chi connectivity index (χ1n) is 10.9. The summed E-state index contributed by atoms with van der Waals surface area (Å²) in [7, 11) is 0. The lowest BCUT2D eigenvalue weighted by Crippen LogP contribution is -2.46. The Morgan fingerprint density at radius 2 is 1.88 bits per heavy atom. The van der Waals surface area contributed by atoms with Gasteiger partial charge >= 0.3 is 12.1 Å². The number of hydrogen-bond donors (Lipinski definition) is 1. The van der Waals surface area contributed by atoms with Crippen LogP contribution in [-0.4, -0.2) is 90.6 Å². The third-order valence-corrected chi connectivity index (χ3v) is 5.93. The highest BCUT2D eigenvalue weighted by molar-refractivity contribution is 5.91. The Kier molecular flexibility index (Phi) is 8.55. The summed E-state index contributed by atoms with van der Waals surface area (Å²) in [5.74, 6) is -2.35. The van der Waals surface area contributed by atoms with Crippen LogP contribution in [-0.2, 0) is 14.3 Å². The van der Waals surface area contributed by atoms with Gasteiger partial charge in [0, 0.05) is 13.1 Å². The Morgan fingerprint density at radius 1 is 1.16 bits per heavy atom. The first-order valence-corrected chi connectivity index (χ1v) is 10.9. The fourth-order valence-corrected chi connectivity index (χ4v) is 4.33. The molecule has 1 aromatic rings. The number of fused-ring (bicyclic) bond motifs is 1. The van der Waals surface area contributed by atoms with Crippen molar-refractivity contribution in [1.29, 1.82) is 0 Å². The molecule has 3 saturated heterocycles. The molecule has 3 aliphatic heterocycles. The second-order valence-corrected chi connectivity index (χ2v) is 8.13. The third-order valence-electron chi connectivity index (χ3n) is 5.93. The van der Waals surface area contributed by atoms with E-state index in [4.69, 9.17) is 23.8 Å². The summed E-state index contributed by atoms with van der Waals surface area (Å²) < 4.78 is 49.1. The Balaban J connectivity index is 0.000000360. The van der Waals surface area contributed by atoms with E-state index < -0.39 is 12.1 Å². The van der Waals surface area contributed by atoms with Gasteiger partial charge in [-0.25, -0.2) is 4.79 Å². The monoisotopic (exact) mass is 462 g/mol. The number of alkyl halides is 3. The molecule has 0 spiro atoms. The molecule has 3 fully saturated rings. The SMILES string of the molecule is O=C(O)C(F)(F)F.O=C(c1ccco1)N1CC[C@@H]2O[C@H](COCCN3CCCC3)CC[C@@H]21. The van der Waals surface area contributed by atoms with Crippen LogP contribution in [0.5, 0.6) is 0 Å². The van der Waals surface area contributed by atoms with Crippen LogP contribution in [0, 0.1) is 0 Å².